The second kappa shape index (κ2) is 7.04. The van der Waals surface area contributed by atoms with E-state index in [1.165, 1.54) is 0 Å². The molecule has 5 nitrogen and oxygen atoms in total. The predicted molar refractivity (Wildman–Crippen MR) is 85.0 cm³/mol. The van der Waals surface area contributed by atoms with Gasteiger partial charge in [0.15, 0.2) is 11.5 Å². The number of carbonyl (C=O) groups excluding carboxylic acids is 1. The number of thioether (sulfide) groups is 1. The lowest BCUT2D eigenvalue weighted by atomic mass is 10.1. The number of aryl methyl sites for hydroxylation is 1. The van der Waals surface area contributed by atoms with Gasteiger partial charge in [0.2, 0.25) is 5.91 Å². The van der Waals surface area contributed by atoms with Gasteiger partial charge in [-0.15, -0.1) is 11.8 Å². The predicted octanol–water partition coefficient (Wildman–Crippen LogP) is 1.63. The molecule has 1 fully saturated rings. The summed E-state index contributed by atoms with van der Waals surface area (Å²) in [5, 5.41) is 3.21. The molecule has 1 N–H and O–H groups in total. The molecule has 1 amide bonds. The lowest BCUT2D eigenvalue weighted by Crippen LogP contribution is -2.42. The van der Waals surface area contributed by atoms with Gasteiger partial charge in [0, 0.05) is 25.2 Å². The molecule has 0 bridgehead atoms. The Morgan fingerprint density at radius 3 is 2.62 bits per heavy atom. The number of carbonyl (C=O) groups is 1. The van der Waals surface area contributed by atoms with Gasteiger partial charge in [0.05, 0.1) is 20.3 Å². The minimum Gasteiger partial charge on any atom is -0.493 e. The standard InChI is InChI=1S/C15H22N2O3S/c1-10-5-13(19-3)14(20-4)6-11(10)7-17(2)15(18)12-8-21-9-16-12/h5-6,12,16H,7-9H2,1-4H3/t12-/m0/s1. The quantitative estimate of drug-likeness (QED) is 0.896. The summed E-state index contributed by atoms with van der Waals surface area (Å²) in [6.07, 6.45) is 0. The third kappa shape index (κ3) is 3.63. The molecule has 0 spiro atoms. The monoisotopic (exact) mass is 310 g/mol. The van der Waals surface area contributed by atoms with Gasteiger partial charge in [0.25, 0.3) is 0 Å². The van der Waals surface area contributed by atoms with Crippen LogP contribution in [0.15, 0.2) is 12.1 Å². The highest BCUT2D eigenvalue weighted by molar-refractivity contribution is 7.99. The zero-order chi connectivity index (χ0) is 15.4. The molecule has 116 valence electrons. The highest BCUT2D eigenvalue weighted by Gasteiger charge is 2.25. The van der Waals surface area contributed by atoms with Gasteiger partial charge in [-0.2, -0.15) is 0 Å². The molecule has 0 unspecified atom stereocenters. The summed E-state index contributed by atoms with van der Waals surface area (Å²) in [5.41, 5.74) is 2.15. The number of rotatable bonds is 5. The molecule has 0 aromatic heterocycles. The first-order valence-corrected chi connectivity index (χ1v) is 8.00. The highest BCUT2D eigenvalue weighted by atomic mass is 32.2. The van der Waals surface area contributed by atoms with Crippen LogP contribution in [0, 0.1) is 6.92 Å². The van der Waals surface area contributed by atoms with Gasteiger partial charge in [-0.3, -0.25) is 10.1 Å². The molecule has 1 atom stereocenters. The topological polar surface area (TPSA) is 50.8 Å². The summed E-state index contributed by atoms with van der Waals surface area (Å²) in [6.45, 7) is 2.58. The van der Waals surface area contributed by atoms with Crippen LogP contribution in [0.5, 0.6) is 11.5 Å². The van der Waals surface area contributed by atoms with E-state index in [1.54, 1.807) is 30.9 Å². The molecule has 1 aromatic rings. The number of amides is 1. The van der Waals surface area contributed by atoms with Gasteiger partial charge < -0.3 is 14.4 Å². The Kier molecular flexibility index (Phi) is 5.36. The first kappa shape index (κ1) is 16.0. The Labute approximate surface area is 130 Å². The molecule has 1 heterocycles. The Hall–Kier alpha value is -1.40. The molecular weight excluding hydrogens is 288 g/mol. The second-order valence-electron chi connectivity index (χ2n) is 5.10. The average molecular weight is 310 g/mol. The Morgan fingerprint density at radius 1 is 1.38 bits per heavy atom. The highest BCUT2D eigenvalue weighted by Crippen LogP contribution is 2.30. The van der Waals surface area contributed by atoms with E-state index >= 15 is 0 Å². The molecular formula is C15H22N2O3S. The molecule has 0 aliphatic carbocycles. The van der Waals surface area contributed by atoms with Crippen molar-refractivity contribution < 1.29 is 14.3 Å². The summed E-state index contributed by atoms with van der Waals surface area (Å²) in [4.78, 5) is 14.1. The fourth-order valence-electron chi connectivity index (χ4n) is 2.35. The van der Waals surface area contributed by atoms with Crippen LogP contribution in [0.4, 0.5) is 0 Å². The molecule has 21 heavy (non-hydrogen) atoms. The number of nitrogens with zero attached hydrogens (tertiary/aromatic N) is 1. The Balaban J connectivity index is 2.12. The number of methoxy groups -OCH3 is 2. The molecule has 1 aromatic carbocycles. The van der Waals surface area contributed by atoms with E-state index < -0.39 is 0 Å². The molecule has 6 heteroatoms. The van der Waals surface area contributed by atoms with Crippen LogP contribution in [0.3, 0.4) is 0 Å². The molecule has 1 aliphatic heterocycles. The molecule has 0 saturated carbocycles. The average Bonchev–Trinajstić information content (AvgIpc) is 3.02. The van der Waals surface area contributed by atoms with Crippen molar-refractivity contribution in [1.29, 1.82) is 0 Å². The van der Waals surface area contributed by atoms with E-state index in [0.29, 0.717) is 18.0 Å². The van der Waals surface area contributed by atoms with Crippen molar-refractivity contribution in [3.63, 3.8) is 0 Å². The molecule has 1 saturated heterocycles. The Bertz CT molecular complexity index is 516. The van der Waals surface area contributed by atoms with Crippen LogP contribution in [-0.4, -0.2) is 49.7 Å². The minimum atomic E-state index is -0.0690. The van der Waals surface area contributed by atoms with Crippen LogP contribution in [0.2, 0.25) is 0 Å². The van der Waals surface area contributed by atoms with E-state index in [9.17, 15) is 4.79 Å². The van der Waals surface area contributed by atoms with Crippen LogP contribution < -0.4 is 14.8 Å². The minimum absolute atomic E-state index is 0.0690. The third-order valence-corrected chi connectivity index (χ3v) is 4.58. The van der Waals surface area contributed by atoms with Crippen molar-refractivity contribution in [2.45, 2.75) is 19.5 Å². The van der Waals surface area contributed by atoms with Crippen LogP contribution in [0.25, 0.3) is 0 Å². The third-order valence-electron chi connectivity index (χ3n) is 3.64. The summed E-state index contributed by atoms with van der Waals surface area (Å²) in [6, 6.07) is 3.81. The number of ether oxygens (including phenoxy) is 2. The van der Waals surface area contributed by atoms with Crippen LogP contribution in [0.1, 0.15) is 11.1 Å². The van der Waals surface area contributed by atoms with Crippen LogP contribution in [-0.2, 0) is 11.3 Å². The number of hydrogen-bond donors (Lipinski definition) is 1. The lowest BCUT2D eigenvalue weighted by Gasteiger charge is -2.22. The Morgan fingerprint density at radius 2 is 2.05 bits per heavy atom. The van der Waals surface area contributed by atoms with Gasteiger partial charge in [0.1, 0.15) is 0 Å². The summed E-state index contributed by atoms with van der Waals surface area (Å²) in [5.74, 6) is 3.22. The van der Waals surface area contributed by atoms with E-state index in [0.717, 1.165) is 22.8 Å². The van der Waals surface area contributed by atoms with E-state index in [2.05, 4.69) is 5.32 Å². The van der Waals surface area contributed by atoms with E-state index in [4.69, 9.17) is 9.47 Å². The van der Waals surface area contributed by atoms with Crippen molar-refractivity contribution in [1.82, 2.24) is 10.2 Å². The molecule has 1 aliphatic rings. The van der Waals surface area contributed by atoms with Crippen molar-refractivity contribution in [3.05, 3.63) is 23.3 Å². The zero-order valence-electron chi connectivity index (χ0n) is 12.9. The van der Waals surface area contributed by atoms with E-state index in [-0.39, 0.29) is 11.9 Å². The SMILES string of the molecule is COc1cc(C)c(CN(C)C(=O)[C@@H]2CSCN2)cc1OC. The van der Waals surface area contributed by atoms with Crippen molar-refractivity contribution in [3.8, 4) is 11.5 Å². The van der Waals surface area contributed by atoms with Crippen molar-refractivity contribution in [2.75, 3.05) is 32.9 Å². The fourth-order valence-corrected chi connectivity index (χ4v) is 3.28. The maximum Gasteiger partial charge on any atom is 0.240 e. The zero-order valence-corrected chi connectivity index (χ0v) is 13.8. The maximum atomic E-state index is 12.3. The smallest absolute Gasteiger partial charge is 0.240 e. The largest absolute Gasteiger partial charge is 0.493 e. The van der Waals surface area contributed by atoms with Crippen LogP contribution >= 0.6 is 11.8 Å². The number of benzene rings is 1. The number of hydrogen-bond acceptors (Lipinski definition) is 5. The first-order valence-electron chi connectivity index (χ1n) is 6.84. The van der Waals surface area contributed by atoms with Crippen molar-refractivity contribution >= 4 is 17.7 Å². The summed E-state index contributed by atoms with van der Waals surface area (Å²) >= 11 is 1.75. The lowest BCUT2D eigenvalue weighted by molar-refractivity contribution is -0.131. The normalized spacial score (nSPS) is 17.6. The summed E-state index contributed by atoms with van der Waals surface area (Å²) in [7, 11) is 5.07. The first-order chi connectivity index (χ1) is 10.1. The number of likely N-dealkylation sites (N-methyl/N-ethyl adjacent to an activating group) is 1. The van der Waals surface area contributed by atoms with Gasteiger partial charge in [-0.1, -0.05) is 0 Å². The maximum absolute atomic E-state index is 12.3. The second-order valence-corrected chi connectivity index (χ2v) is 6.13. The van der Waals surface area contributed by atoms with Gasteiger partial charge >= 0.3 is 0 Å². The van der Waals surface area contributed by atoms with Gasteiger partial charge in [-0.05, 0) is 30.2 Å². The number of nitrogens with one attached hydrogen (secondary N) is 1. The fraction of sp³-hybridized carbons (Fsp3) is 0.533. The van der Waals surface area contributed by atoms with Gasteiger partial charge in [-0.25, -0.2) is 0 Å². The summed E-state index contributed by atoms with van der Waals surface area (Å²) < 4.78 is 10.6. The van der Waals surface area contributed by atoms with Crippen molar-refractivity contribution in [2.24, 2.45) is 0 Å². The molecule has 2 rings (SSSR count). The molecule has 0 radical (unpaired) electrons. The van der Waals surface area contributed by atoms with E-state index in [1.807, 2.05) is 26.1 Å².